The Bertz CT molecular complexity index is 584. The highest BCUT2D eigenvalue weighted by atomic mass is 79.9. The SMILES string of the molecule is CC(C)NC(=O)CCN1C(=O)C(=O)c2ccc(Br)cc21. The third-order valence-electron chi connectivity index (χ3n) is 2.95. The van der Waals surface area contributed by atoms with E-state index in [2.05, 4.69) is 21.2 Å². The van der Waals surface area contributed by atoms with Crippen molar-refractivity contribution in [2.75, 3.05) is 11.4 Å². The summed E-state index contributed by atoms with van der Waals surface area (Å²) in [5, 5.41) is 2.76. The zero-order valence-corrected chi connectivity index (χ0v) is 12.9. The second-order valence-electron chi connectivity index (χ2n) is 4.92. The van der Waals surface area contributed by atoms with E-state index in [1.54, 1.807) is 18.2 Å². The van der Waals surface area contributed by atoms with Crippen molar-refractivity contribution < 1.29 is 14.4 Å². The maximum absolute atomic E-state index is 11.9. The van der Waals surface area contributed by atoms with E-state index in [0.29, 0.717) is 11.3 Å². The molecule has 1 aromatic carbocycles. The number of halogens is 1. The maximum Gasteiger partial charge on any atom is 0.299 e. The quantitative estimate of drug-likeness (QED) is 0.852. The average molecular weight is 339 g/mol. The molecule has 0 fully saturated rings. The van der Waals surface area contributed by atoms with Crippen LogP contribution < -0.4 is 10.2 Å². The van der Waals surface area contributed by atoms with Gasteiger partial charge in [-0.3, -0.25) is 14.4 Å². The van der Waals surface area contributed by atoms with E-state index in [-0.39, 0.29) is 24.9 Å². The predicted octanol–water partition coefficient (Wildman–Crippen LogP) is 1.89. The molecule has 0 radical (unpaired) electrons. The molecular weight excluding hydrogens is 324 g/mol. The van der Waals surface area contributed by atoms with Crippen molar-refractivity contribution in [3.8, 4) is 0 Å². The van der Waals surface area contributed by atoms with Crippen LogP contribution in [0.1, 0.15) is 30.6 Å². The van der Waals surface area contributed by atoms with Crippen LogP contribution in [0.4, 0.5) is 5.69 Å². The highest BCUT2D eigenvalue weighted by Crippen LogP contribution is 2.31. The summed E-state index contributed by atoms with van der Waals surface area (Å²) in [6, 6.07) is 5.12. The fourth-order valence-corrected chi connectivity index (χ4v) is 2.45. The summed E-state index contributed by atoms with van der Waals surface area (Å²) in [6.45, 7) is 3.94. The van der Waals surface area contributed by atoms with Gasteiger partial charge in [0.25, 0.3) is 11.7 Å². The molecule has 0 saturated heterocycles. The molecule has 0 saturated carbocycles. The lowest BCUT2D eigenvalue weighted by Crippen LogP contribution is -2.36. The molecule has 0 aliphatic carbocycles. The van der Waals surface area contributed by atoms with Crippen LogP contribution in [0.2, 0.25) is 0 Å². The molecule has 0 aromatic heterocycles. The third kappa shape index (κ3) is 2.90. The van der Waals surface area contributed by atoms with Crippen LogP contribution in [0, 0.1) is 0 Å². The molecule has 0 atom stereocenters. The fourth-order valence-electron chi connectivity index (χ4n) is 2.10. The Morgan fingerprint density at radius 3 is 2.70 bits per heavy atom. The number of hydrogen-bond acceptors (Lipinski definition) is 3. The molecule has 2 rings (SSSR count). The molecule has 1 aliphatic rings. The van der Waals surface area contributed by atoms with E-state index >= 15 is 0 Å². The van der Waals surface area contributed by atoms with E-state index < -0.39 is 11.7 Å². The zero-order valence-electron chi connectivity index (χ0n) is 11.3. The molecule has 1 N–H and O–H groups in total. The third-order valence-corrected chi connectivity index (χ3v) is 3.44. The number of anilines is 1. The summed E-state index contributed by atoms with van der Waals surface area (Å²) < 4.78 is 0.787. The van der Waals surface area contributed by atoms with Crippen molar-refractivity contribution in [3.05, 3.63) is 28.2 Å². The number of nitrogens with zero attached hydrogens (tertiary/aromatic N) is 1. The first kappa shape index (κ1) is 14.7. The van der Waals surface area contributed by atoms with Gasteiger partial charge < -0.3 is 10.2 Å². The Morgan fingerprint density at radius 2 is 2.05 bits per heavy atom. The van der Waals surface area contributed by atoms with Crippen LogP contribution in [0.3, 0.4) is 0 Å². The standard InChI is InChI=1S/C14H15BrN2O3/c1-8(2)16-12(18)5-6-17-11-7-9(15)3-4-10(11)13(19)14(17)20/h3-4,7-8H,5-6H2,1-2H3,(H,16,18). The van der Waals surface area contributed by atoms with E-state index in [1.165, 1.54) is 4.90 Å². The van der Waals surface area contributed by atoms with Gasteiger partial charge in [-0.2, -0.15) is 0 Å². The van der Waals surface area contributed by atoms with Crippen molar-refractivity contribution in [2.45, 2.75) is 26.3 Å². The van der Waals surface area contributed by atoms with Gasteiger partial charge in [-0.1, -0.05) is 15.9 Å². The highest BCUT2D eigenvalue weighted by Gasteiger charge is 2.35. The van der Waals surface area contributed by atoms with Crippen molar-refractivity contribution >= 4 is 39.2 Å². The number of ketones is 1. The normalized spacial score (nSPS) is 13.9. The minimum absolute atomic E-state index is 0.0554. The second kappa shape index (κ2) is 5.75. The number of rotatable bonds is 4. The summed E-state index contributed by atoms with van der Waals surface area (Å²) >= 11 is 3.32. The molecule has 2 amide bonds. The number of hydrogen-bond donors (Lipinski definition) is 1. The van der Waals surface area contributed by atoms with Crippen molar-refractivity contribution in [1.29, 1.82) is 0 Å². The predicted molar refractivity (Wildman–Crippen MR) is 78.7 cm³/mol. The monoisotopic (exact) mass is 338 g/mol. The van der Waals surface area contributed by atoms with Gasteiger partial charge in [-0.25, -0.2) is 0 Å². The molecule has 20 heavy (non-hydrogen) atoms. The lowest BCUT2D eigenvalue weighted by Gasteiger charge is -2.17. The summed E-state index contributed by atoms with van der Waals surface area (Å²) in [6.07, 6.45) is 0.170. The minimum atomic E-state index is -0.574. The molecule has 1 aromatic rings. The van der Waals surface area contributed by atoms with Crippen LogP contribution >= 0.6 is 15.9 Å². The van der Waals surface area contributed by atoms with Crippen LogP contribution in [0.5, 0.6) is 0 Å². The molecule has 6 heteroatoms. The first-order valence-corrected chi connectivity index (χ1v) is 7.14. The van der Waals surface area contributed by atoms with Crippen LogP contribution in [0.15, 0.2) is 22.7 Å². The average Bonchev–Trinajstić information content (AvgIpc) is 2.59. The molecule has 0 bridgehead atoms. The first-order chi connectivity index (χ1) is 9.40. The molecule has 1 aliphatic heterocycles. The molecule has 0 unspecified atom stereocenters. The van der Waals surface area contributed by atoms with Gasteiger partial charge in [-0.15, -0.1) is 0 Å². The molecule has 1 heterocycles. The van der Waals surface area contributed by atoms with Gasteiger partial charge in [0.2, 0.25) is 5.91 Å². The highest BCUT2D eigenvalue weighted by molar-refractivity contribution is 9.10. The van der Waals surface area contributed by atoms with E-state index in [9.17, 15) is 14.4 Å². The Hall–Kier alpha value is -1.69. The number of fused-ring (bicyclic) bond motifs is 1. The van der Waals surface area contributed by atoms with Gasteiger partial charge in [0.15, 0.2) is 0 Å². The lowest BCUT2D eigenvalue weighted by molar-refractivity contribution is -0.121. The van der Waals surface area contributed by atoms with Gasteiger partial charge >= 0.3 is 0 Å². The second-order valence-corrected chi connectivity index (χ2v) is 5.84. The largest absolute Gasteiger partial charge is 0.354 e. The molecular formula is C14H15BrN2O3. The Balaban J connectivity index is 2.13. The van der Waals surface area contributed by atoms with Crippen molar-refractivity contribution in [1.82, 2.24) is 5.32 Å². The maximum atomic E-state index is 11.9. The minimum Gasteiger partial charge on any atom is -0.354 e. The molecule has 0 spiro atoms. The van der Waals surface area contributed by atoms with Crippen LogP contribution in [-0.4, -0.2) is 30.2 Å². The van der Waals surface area contributed by atoms with E-state index in [1.807, 2.05) is 13.8 Å². The Labute approximate surface area is 125 Å². The number of benzene rings is 1. The number of carbonyl (C=O) groups is 3. The van der Waals surface area contributed by atoms with Crippen LogP contribution in [0.25, 0.3) is 0 Å². The lowest BCUT2D eigenvalue weighted by atomic mass is 10.1. The van der Waals surface area contributed by atoms with Gasteiger partial charge in [0.05, 0.1) is 11.3 Å². The molecule has 5 nitrogen and oxygen atoms in total. The van der Waals surface area contributed by atoms with Gasteiger partial charge in [-0.05, 0) is 32.0 Å². The van der Waals surface area contributed by atoms with Crippen molar-refractivity contribution in [2.24, 2.45) is 0 Å². The van der Waals surface area contributed by atoms with Crippen molar-refractivity contribution in [3.63, 3.8) is 0 Å². The number of carbonyl (C=O) groups excluding carboxylic acids is 3. The number of amides is 2. The molecule has 106 valence electrons. The van der Waals surface area contributed by atoms with E-state index in [4.69, 9.17) is 0 Å². The Kier molecular flexibility index (Phi) is 4.23. The first-order valence-electron chi connectivity index (χ1n) is 6.35. The smallest absolute Gasteiger partial charge is 0.299 e. The summed E-state index contributed by atoms with van der Waals surface area (Å²) in [4.78, 5) is 36.8. The summed E-state index contributed by atoms with van der Waals surface area (Å²) in [5.74, 6) is -1.23. The fraction of sp³-hybridized carbons (Fsp3) is 0.357. The Morgan fingerprint density at radius 1 is 1.35 bits per heavy atom. The van der Waals surface area contributed by atoms with Gasteiger partial charge in [0.1, 0.15) is 0 Å². The van der Waals surface area contributed by atoms with Crippen LogP contribution in [-0.2, 0) is 9.59 Å². The van der Waals surface area contributed by atoms with E-state index in [0.717, 1.165) is 4.47 Å². The number of nitrogens with one attached hydrogen (secondary N) is 1. The summed E-state index contributed by atoms with van der Waals surface area (Å²) in [5.41, 5.74) is 0.953. The topological polar surface area (TPSA) is 66.5 Å². The van der Waals surface area contributed by atoms with Gasteiger partial charge in [0, 0.05) is 23.5 Å². The number of Topliss-reactive ketones (excluding diaryl/α,β-unsaturated/α-hetero) is 1. The zero-order chi connectivity index (χ0) is 14.9. The summed E-state index contributed by atoms with van der Waals surface area (Å²) in [7, 11) is 0.